The maximum Gasteiger partial charge on any atom is 0.0548 e. The summed E-state index contributed by atoms with van der Waals surface area (Å²) >= 11 is 9.55. The van der Waals surface area contributed by atoms with Crippen LogP contribution in [0.5, 0.6) is 0 Å². The highest BCUT2D eigenvalue weighted by Crippen LogP contribution is 2.29. The van der Waals surface area contributed by atoms with Gasteiger partial charge in [0.25, 0.3) is 0 Å². The number of piperazine rings is 1. The predicted molar refractivity (Wildman–Crippen MR) is 84.6 cm³/mol. The number of rotatable bonds is 3. The molecule has 0 spiro atoms. The average Bonchev–Trinajstić information content (AvgIpc) is 2.39. The summed E-state index contributed by atoms with van der Waals surface area (Å²) < 4.78 is 0.937. The predicted octanol–water partition coefficient (Wildman–Crippen LogP) is 2.74. The van der Waals surface area contributed by atoms with Crippen LogP contribution in [0, 0.1) is 0 Å². The Morgan fingerprint density at radius 1 is 1.47 bits per heavy atom. The van der Waals surface area contributed by atoms with Crippen LogP contribution in [0.1, 0.15) is 18.5 Å². The number of nitrogens with two attached hydrogens (primary N) is 1. The van der Waals surface area contributed by atoms with Crippen molar-refractivity contribution < 1.29 is 0 Å². The van der Waals surface area contributed by atoms with Gasteiger partial charge in [-0.15, -0.1) is 0 Å². The van der Waals surface area contributed by atoms with Gasteiger partial charge in [-0.1, -0.05) is 17.7 Å². The molecule has 3 nitrogen and oxygen atoms in total. The number of nitrogens with zero attached hydrogens (tertiary/aromatic N) is 2. The summed E-state index contributed by atoms with van der Waals surface area (Å²) in [5, 5.41) is 0.742. The van der Waals surface area contributed by atoms with Gasteiger partial charge in [0.05, 0.1) is 5.02 Å². The van der Waals surface area contributed by atoms with E-state index in [1.807, 2.05) is 6.07 Å². The summed E-state index contributed by atoms with van der Waals surface area (Å²) in [6.45, 7) is 6.09. The lowest BCUT2D eigenvalue weighted by Crippen LogP contribution is -2.52. The van der Waals surface area contributed by atoms with Crippen molar-refractivity contribution >= 4 is 27.5 Å². The van der Waals surface area contributed by atoms with E-state index in [0.29, 0.717) is 12.6 Å². The van der Waals surface area contributed by atoms with E-state index in [-0.39, 0.29) is 6.04 Å². The summed E-state index contributed by atoms with van der Waals surface area (Å²) in [5.74, 6) is 0. The molecule has 0 amide bonds. The molecule has 0 saturated carbocycles. The molecule has 0 radical (unpaired) electrons. The smallest absolute Gasteiger partial charge is 0.0548 e. The fraction of sp³-hybridized carbons (Fsp3) is 0.571. The lowest BCUT2D eigenvalue weighted by molar-refractivity contribution is 0.0741. The van der Waals surface area contributed by atoms with Crippen molar-refractivity contribution in [3.05, 3.63) is 33.3 Å². The minimum atomic E-state index is 0.268. The maximum absolute atomic E-state index is 6.06. The lowest BCUT2D eigenvalue weighted by Gasteiger charge is -2.41. The normalized spacial score (nSPS) is 23.5. The van der Waals surface area contributed by atoms with Gasteiger partial charge in [0.15, 0.2) is 0 Å². The Morgan fingerprint density at radius 2 is 2.21 bits per heavy atom. The Hall–Kier alpha value is -0.130. The molecule has 1 aliphatic rings. The molecule has 0 aliphatic carbocycles. The standard InChI is InChI=1S/C14H21BrClN3/c1-10-9-19(6-5-18(10)2)14(8-17)11-3-4-13(16)12(15)7-11/h3-4,7,10,14H,5-6,8-9,17H2,1-2H3. The van der Waals surface area contributed by atoms with Crippen molar-refractivity contribution in [1.82, 2.24) is 9.80 Å². The Balaban J connectivity index is 2.17. The zero-order valence-electron chi connectivity index (χ0n) is 11.4. The van der Waals surface area contributed by atoms with Crippen LogP contribution < -0.4 is 5.73 Å². The maximum atomic E-state index is 6.06. The van der Waals surface area contributed by atoms with Gasteiger partial charge in [-0.05, 0) is 47.6 Å². The van der Waals surface area contributed by atoms with Crippen molar-refractivity contribution in [3.8, 4) is 0 Å². The summed E-state index contributed by atoms with van der Waals surface area (Å²) in [6.07, 6.45) is 0. The highest BCUT2D eigenvalue weighted by molar-refractivity contribution is 9.10. The molecule has 1 saturated heterocycles. The van der Waals surface area contributed by atoms with Crippen molar-refractivity contribution in [2.75, 3.05) is 33.2 Å². The van der Waals surface area contributed by atoms with Gasteiger partial charge in [-0.25, -0.2) is 0 Å². The highest BCUT2D eigenvalue weighted by Gasteiger charge is 2.26. The Morgan fingerprint density at radius 3 is 2.79 bits per heavy atom. The van der Waals surface area contributed by atoms with Crippen LogP contribution in [-0.2, 0) is 0 Å². The Bertz CT molecular complexity index is 441. The molecule has 1 aromatic rings. The van der Waals surface area contributed by atoms with Gasteiger partial charge >= 0.3 is 0 Å². The van der Waals surface area contributed by atoms with E-state index in [0.717, 1.165) is 29.1 Å². The highest BCUT2D eigenvalue weighted by atomic mass is 79.9. The minimum absolute atomic E-state index is 0.268. The van der Waals surface area contributed by atoms with Crippen molar-refractivity contribution in [3.63, 3.8) is 0 Å². The van der Waals surface area contributed by atoms with Crippen LogP contribution in [0.4, 0.5) is 0 Å². The molecule has 2 rings (SSSR count). The topological polar surface area (TPSA) is 32.5 Å². The van der Waals surface area contributed by atoms with Crippen molar-refractivity contribution in [2.24, 2.45) is 5.73 Å². The molecule has 19 heavy (non-hydrogen) atoms. The Kier molecular flexibility index (Phi) is 5.26. The third-order valence-corrected chi connectivity index (χ3v) is 5.20. The van der Waals surface area contributed by atoms with Crippen LogP contribution in [0.2, 0.25) is 5.02 Å². The number of hydrogen-bond acceptors (Lipinski definition) is 3. The number of benzene rings is 1. The van der Waals surface area contributed by atoms with Gasteiger partial charge in [-0.2, -0.15) is 0 Å². The third kappa shape index (κ3) is 3.50. The van der Waals surface area contributed by atoms with Crippen LogP contribution in [0.3, 0.4) is 0 Å². The third-order valence-electron chi connectivity index (χ3n) is 3.98. The van der Waals surface area contributed by atoms with E-state index in [9.17, 15) is 0 Å². The molecular formula is C14H21BrClN3. The van der Waals surface area contributed by atoms with Crippen LogP contribution in [0.25, 0.3) is 0 Å². The summed E-state index contributed by atoms with van der Waals surface area (Å²) in [4.78, 5) is 4.86. The largest absolute Gasteiger partial charge is 0.329 e. The fourth-order valence-corrected chi connectivity index (χ4v) is 3.09. The molecule has 106 valence electrons. The fourth-order valence-electron chi connectivity index (χ4n) is 2.58. The zero-order chi connectivity index (χ0) is 14.0. The molecule has 0 aromatic heterocycles. The summed E-state index contributed by atoms with van der Waals surface area (Å²) in [7, 11) is 2.18. The average molecular weight is 347 g/mol. The quantitative estimate of drug-likeness (QED) is 0.913. The van der Waals surface area contributed by atoms with E-state index in [1.54, 1.807) is 0 Å². The van der Waals surface area contributed by atoms with Crippen molar-refractivity contribution in [1.29, 1.82) is 0 Å². The van der Waals surface area contributed by atoms with E-state index in [4.69, 9.17) is 17.3 Å². The van der Waals surface area contributed by atoms with Gasteiger partial charge in [-0.3, -0.25) is 4.90 Å². The monoisotopic (exact) mass is 345 g/mol. The summed E-state index contributed by atoms with van der Waals surface area (Å²) in [6, 6.07) is 6.93. The second-order valence-corrected chi connectivity index (χ2v) is 6.51. The first-order valence-electron chi connectivity index (χ1n) is 6.62. The van der Waals surface area contributed by atoms with E-state index in [1.165, 1.54) is 5.56 Å². The van der Waals surface area contributed by atoms with E-state index >= 15 is 0 Å². The molecule has 2 unspecified atom stereocenters. The van der Waals surface area contributed by atoms with Gasteiger partial charge < -0.3 is 10.6 Å². The van der Waals surface area contributed by atoms with E-state index in [2.05, 4.69) is 51.8 Å². The molecule has 0 bridgehead atoms. The molecule has 2 N–H and O–H groups in total. The van der Waals surface area contributed by atoms with Gasteiger partial charge in [0.2, 0.25) is 0 Å². The van der Waals surface area contributed by atoms with Gasteiger partial charge in [0.1, 0.15) is 0 Å². The molecule has 1 fully saturated rings. The molecular weight excluding hydrogens is 326 g/mol. The SMILES string of the molecule is CC1CN(C(CN)c2ccc(Cl)c(Br)c2)CCN1C. The minimum Gasteiger partial charge on any atom is -0.329 e. The van der Waals surface area contributed by atoms with Crippen LogP contribution in [0.15, 0.2) is 22.7 Å². The van der Waals surface area contributed by atoms with E-state index < -0.39 is 0 Å². The molecule has 2 atom stereocenters. The number of hydrogen-bond donors (Lipinski definition) is 1. The first-order valence-corrected chi connectivity index (χ1v) is 7.79. The summed E-state index contributed by atoms with van der Waals surface area (Å²) in [5.41, 5.74) is 7.23. The molecule has 1 heterocycles. The second kappa shape index (κ2) is 6.55. The molecule has 1 aromatic carbocycles. The Labute approximate surface area is 128 Å². The van der Waals surface area contributed by atoms with Gasteiger partial charge in [0, 0.05) is 42.7 Å². The van der Waals surface area contributed by atoms with Crippen molar-refractivity contribution in [2.45, 2.75) is 19.0 Å². The molecule has 1 aliphatic heterocycles. The lowest BCUT2D eigenvalue weighted by atomic mass is 10.0. The van der Waals surface area contributed by atoms with Crippen LogP contribution in [-0.4, -0.2) is 49.1 Å². The van der Waals surface area contributed by atoms with Crippen LogP contribution >= 0.6 is 27.5 Å². The zero-order valence-corrected chi connectivity index (χ0v) is 13.8. The second-order valence-electron chi connectivity index (χ2n) is 5.25. The number of likely N-dealkylation sites (N-methyl/N-ethyl adjacent to an activating group) is 1. The number of halogens is 2. The first kappa shape index (κ1) is 15.3. The first-order chi connectivity index (χ1) is 9.02. The molecule has 5 heteroatoms.